The van der Waals surface area contributed by atoms with E-state index in [2.05, 4.69) is 9.97 Å². The van der Waals surface area contributed by atoms with Crippen LogP contribution in [-0.4, -0.2) is 28.5 Å². The summed E-state index contributed by atoms with van der Waals surface area (Å²) >= 11 is 0. The average molecular weight is 203 g/mol. The summed E-state index contributed by atoms with van der Waals surface area (Å²) in [4.78, 5) is 20.7. The molecule has 1 aromatic rings. The van der Waals surface area contributed by atoms with Crippen LogP contribution in [0.25, 0.3) is 0 Å². The summed E-state index contributed by atoms with van der Waals surface area (Å²) in [6.45, 7) is 0.744. The Bertz CT molecular complexity index is 421. The second kappa shape index (κ2) is 3.53. The fourth-order valence-electron chi connectivity index (χ4n) is 1.48. The Labute approximate surface area is 86.3 Å². The highest BCUT2D eigenvalue weighted by Crippen LogP contribution is 2.23. The summed E-state index contributed by atoms with van der Waals surface area (Å²) in [7, 11) is 0. The van der Waals surface area contributed by atoms with Gasteiger partial charge in [0.1, 0.15) is 17.9 Å². The topological polar surface area (TPSA) is 95.9 Å². The first-order chi connectivity index (χ1) is 7.22. The van der Waals surface area contributed by atoms with Crippen molar-refractivity contribution in [2.75, 3.05) is 11.4 Å². The third kappa shape index (κ3) is 1.59. The lowest BCUT2D eigenvalue weighted by atomic mass is 10.0. The van der Waals surface area contributed by atoms with E-state index in [1.54, 1.807) is 4.90 Å². The first-order valence-electron chi connectivity index (χ1n) is 4.50. The Kier molecular flexibility index (Phi) is 2.21. The van der Waals surface area contributed by atoms with Gasteiger partial charge in [-0.3, -0.25) is 4.79 Å². The van der Waals surface area contributed by atoms with Crippen molar-refractivity contribution in [2.45, 2.75) is 12.5 Å². The van der Waals surface area contributed by atoms with Crippen molar-refractivity contribution in [1.82, 2.24) is 9.97 Å². The van der Waals surface area contributed by atoms with Gasteiger partial charge in [0.2, 0.25) is 5.91 Å². The maximum absolute atomic E-state index is 11.0. The summed E-state index contributed by atoms with van der Waals surface area (Å²) in [6, 6.07) is 1.59. The van der Waals surface area contributed by atoms with Crippen LogP contribution >= 0.6 is 0 Å². The Morgan fingerprint density at radius 1 is 1.60 bits per heavy atom. The number of carbonyl (C=O) groups is 1. The Morgan fingerprint density at radius 3 is 2.80 bits per heavy atom. The predicted octanol–water partition coefficient (Wildman–Crippen LogP) is -0.588. The molecule has 1 fully saturated rings. The molecule has 1 amide bonds. The van der Waals surface area contributed by atoms with E-state index in [0.717, 1.165) is 13.0 Å². The number of aromatic nitrogens is 2. The van der Waals surface area contributed by atoms with E-state index in [9.17, 15) is 4.79 Å². The zero-order chi connectivity index (χ0) is 10.8. The molecule has 2 heterocycles. The van der Waals surface area contributed by atoms with Crippen LogP contribution in [0.15, 0.2) is 12.4 Å². The maximum atomic E-state index is 11.0. The van der Waals surface area contributed by atoms with Crippen LogP contribution in [0, 0.1) is 11.3 Å². The van der Waals surface area contributed by atoms with Gasteiger partial charge in [-0.15, -0.1) is 0 Å². The second-order valence-electron chi connectivity index (χ2n) is 3.27. The molecule has 1 atom stereocenters. The number of nitrogens with zero attached hydrogens (tertiary/aromatic N) is 4. The summed E-state index contributed by atoms with van der Waals surface area (Å²) in [6.07, 6.45) is 3.61. The van der Waals surface area contributed by atoms with E-state index >= 15 is 0 Å². The number of nitriles is 1. The lowest BCUT2D eigenvalue weighted by Crippen LogP contribution is -2.55. The molecular formula is C9H9N5O. The van der Waals surface area contributed by atoms with Crippen LogP contribution in [0.2, 0.25) is 0 Å². The maximum Gasteiger partial charge on any atom is 0.240 e. The summed E-state index contributed by atoms with van der Waals surface area (Å²) in [5.74, 6) is 0.233. The van der Waals surface area contributed by atoms with Crippen molar-refractivity contribution in [3.63, 3.8) is 0 Å². The SMILES string of the molecule is N#Cc1cnc(N2CCC2C(N)=O)cn1. The largest absolute Gasteiger partial charge is 0.368 e. The van der Waals surface area contributed by atoms with E-state index in [1.807, 2.05) is 6.07 Å². The molecule has 0 radical (unpaired) electrons. The van der Waals surface area contributed by atoms with Gasteiger partial charge in [-0.25, -0.2) is 9.97 Å². The Morgan fingerprint density at radius 2 is 2.40 bits per heavy atom. The molecule has 0 bridgehead atoms. The second-order valence-corrected chi connectivity index (χ2v) is 3.27. The summed E-state index contributed by atoms with van der Waals surface area (Å²) < 4.78 is 0. The summed E-state index contributed by atoms with van der Waals surface area (Å²) in [5.41, 5.74) is 5.46. The highest BCUT2D eigenvalue weighted by molar-refractivity contribution is 5.85. The van der Waals surface area contributed by atoms with Crippen molar-refractivity contribution >= 4 is 11.7 Å². The fraction of sp³-hybridized carbons (Fsp3) is 0.333. The van der Waals surface area contributed by atoms with Gasteiger partial charge >= 0.3 is 0 Å². The van der Waals surface area contributed by atoms with E-state index < -0.39 is 0 Å². The lowest BCUT2D eigenvalue weighted by molar-refractivity contribution is -0.120. The van der Waals surface area contributed by atoms with Crippen molar-refractivity contribution in [2.24, 2.45) is 5.73 Å². The van der Waals surface area contributed by atoms with Gasteiger partial charge in [-0.1, -0.05) is 0 Å². The van der Waals surface area contributed by atoms with Crippen molar-refractivity contribution in [1.29, 1.82) is 5.26 Å². The lowest BCUT2D eigenvalue weighted by Gasteiger charge is -2.39. The minimum Gasteiger partial charge on any atom is -0.368 e. The molecule has 1 unspecified atom stereocenters. The molecule has 15 heavy (non-hydrogen) atoms. The van der Waals surface area contributed by atoms with Gasteiger partial charge in [0.15, 0.2) is 5.69 Å². The van der Waals surface area contributed by atoms with Gasteiger partial charge in [0, 0.05) is 6.54 Å². The van der Waals surface area contributed by atoms with E-state index in [-0.39, 0.29) is 17.6 Å². The summed E-state index contributed by atoms with van der Waals surface area (Å²) in [5, 5.41) is 8.54. The van der Waals surface area contributed by atoms with Crippen LogP contribution in [0.3, 0.4) is 0 Å². The van der Waals surface area contributed by atoms with Crippen LogP contribution in [0.4, 0.5) is 5.82 Å². The molecular weight excluding hydrogens is 194 g/mol. The van der Waals surface area contributed by atoms with Gasteiger partial charge in [0.25, 0.3) is 0 Å². The zero-order valence-electron chi connectivity index (χ0n) is 7.92. The fourth-order valence-corrected chi connectivity index (χ4v) is 1.48. The quantitative estimate of drug-likeness (QED) is 0.693. The molecule has 6 nitrogen and oxygen atoms in total. The number of amides is 1. The highest BCUT2D eigenvalue weighted by Gasteiger charge is 2.33. The Hall–Kier alpha value is -2.16. The standard InChI is InChI=1S/C9H9N5O/c10-3-6-4-13-8(5-12-6)14-2-1-7(14)9(11)15/h4-5,7H,1-2H2,(H2,11,15). The minimum absolute atomic E-state index is 0.259. The normalized spacial score (nSPS) is 19.1. The molecule has 0 aromatic carbocycles. The Balaban J connectivity index is 2.17. The van der Waals surface area contributed by atoms with E-state index in [0.29, 0.717) is 5.82 Å². The van der Waals surface area contributed by atoms with Crippen molar-refractivity contribution < 1.29 is 4.79 Å². The van der Waals surface area contributed by atoms with Crippen molar-refractivity contribution in [3.8, 4) is 6.07 Å². The number of hydrogen-bond donors (Lipinski definition) is 1. The molecule has 1 aromatic heterocycles. The average Bonchev–Trinajstić information content (AvgIpc) is 2.16. The highest BCUT2D eigenvalue weighted by atomic mass is 16.1. The first kappa shape index (κ1) is 9.40. The molecule has 1 aliphatic rings. The van der Waals surface area contributed by atoms with Crippen LogP contribution in [0.1, 0.15) is 12.1 Å². The van der Waals surface area contributed by atoms with Gasteiger partial charge < -0.3 is 10.6 Å². The van der Waals surface area contributed by atoms with Gasteiger partial charge in [-0.05, 0) is 6.42 Å². The first-order valence-corrected chi connectivity index (χ1v) is 4.50. The number of nitrogens with two attached hydrogens (primary N) is 1. The minimum atomic E-state index is -0.354. The molecule has 0 aliphatic carbocycles. The number of carbonyl (C=O) groups excluding carboxylic acids is 1. The monoisotopic (exact) mass is 203 g/mol. The van der Waals surface area contributed by atoms with Crippen molar-refractivity contribution in [3.05, 3.63) is 18.1 Å². The number of primary amides is 1. The third-order valence-electron chi connectivity index (χ3n) is 2.40. The number of anilines is 1. The van der Waals surface area contributed by atoms with Gasteiger partial charge in [0.05, 0.1) is 12.4 Å². The number of rotatable bonds is 2. The number of hydrogen-bond acceptors (Lipinski definition) is 5. The third-order valence-corrected chi connectivity index (χ3v) is 2.40. The van der Waals surface area contributed by atoms with Gasteiger partial charge in [-0.2, -0.15) is 5.26 Å². The molecule has 76 valence electrons. The molecule has 6 heteroatoms. The molecule has 1 aliphatic heterocycles. The van der Waals surface area contributed by atoms with E-state index in [4.69, 9.17) is 11.0 Å². The predicted molar refractivity (Wildman–Crippen MR) is 51.7 cm³/mol. The zero-order valence-corrected chi connectivity index (χ0v) is 7.92. The smallest absolute Gasteiger partial charge is 0.240 e. The molecule has 0 saturated carbocycles. The van der Waals surface area contributed by atoms with Crippen LogP contribution in [0.5, 0.6) is 0 Å². The van der Waals surface area contributed by atoms with E-state index in [1.165, 1.54) is 12.4 Å². The van der Waals surface area contributed by atoms with Crippen LogP contribution < -0.4 is 10.6 Å². The molecule has 1 saturated heterocycles. The molecule has 2 rings (SSSR count). The van der Waals surface area contributed by atoms with Crippen LogP contribution in [-0.2, 0) is 4.79 Å². The molecule has 2 N–H and O–H groups in total. The molecule has 0 spiro atoms.